The number of rotatable bonds is 1. The molecular weight excluding hydrogens is 276 g/mol. The number of halogens is 3. The van der Waals surface area contributed by atoms with Crippen molar-refractivity contribution in [3.63, 3.8) is 0 Å². The van der Waals surface area contributed by atoms with Crippen LogP contribution in [0.25, 0.3) is 0 Å². The van der Waals surface area contributed by atoms with Gasteiger partial charge >= 0.3 is 0 Å². The summed E-state index contributed by atoms with van der Waals surface area (Å²) in [6.07, 6.45) is -0.337. The normalized spacial score (nSPS) is 23.6. The Morgan fingerprint density at radius 3 is 2.95 bits per heavy atom. The van der Waals surface area contributed by atoms with Crippen LogP contribution in [0.5, 0.6) is 0 Å². The van der Waals surface area contributed by atoms with Gasteiger partial charge in [0, 0.05) is 17.5 Å². The molecule has 2 heterocycles. The zero-order chi connectivity index (χ0) is 13.8. The van der Waals surface area contributed by atoms with E-state index in [1.54, 1.807) is 6.07 Å². The summed E-state index contributed by atoms with van der Waals surface area (Å²) in [5.74, 6) is -2.73. The molecule has 0 unspecified atom stereocenters. The predicted molar refractivity (Wildman–Crippen MR) is 66.9 cm³/mol. The molecule has 7 heteroatoms. The fraction of sp³-hybridized carbons (Fsp3) is 0.333. The molecule has 0 spiro atoms. The highest BCUT2D eigenvalue weighted by molar-refractivity contribution is 6.67. The lowest BCUT2D eigenvalue weighted by atomic mass is 9.98. The molecule has 0 radical (unpaired) electrons. The molecule has 4 nitrogen and oxygen atoms in total. The third-order valence-corrected chi connectivity index (χ3v) is 3.63. The summed E-state index contributed by atoms with van der Waals surface area (Å²) in [5.41, 5.74) is 7.05. The van der Waals surface area contributed by atoms with Gasteiger partial charge in [0.25, 0.3) is 11.2 Å². The molecule has 1 saturated heterocycles. The SMILES string of the molecule is NC1=Nc2ccc(C(=O)Cl)cc2[C@H]2CC(F)(F)CN12. The van der Waals surface area contributed by atoms with Crippen LogP contribution in [0.15, 0.2) is 23.2 Å². The van der Waals surface area contributed by atoms with Crippen LogP contribution < -0.4 is 5.73 Å². The smallest absolute Gasteiger partial charge is 0.267 e. The number of guanidine groups is 1. The van der Waals surface area contributed by atoms with Crippen LogP contribution in [0.3, 0.4) is 0 Å². The Bertz CT molecular complexity index is 603. The van der Waals surface area contributed by atoms with Crippen molar-refractivity contribution < 1.29 is 13.6 Å². The summed E-state index contributed by atoms with van der Waals surface area (Å²) in [6, 6.07) is 4.04. The Labute approximate surface area is 112 Å². The van der Waals surface area contributed by atoms with Gasteiger partial charge in [-0.2, -0.15) is 0 Å². The molecule has 1 aromatic rings. The summed E-state index contributed by atoms with van der Waals surface area (Å²) >= 11 is 5.41. The van der Waals surface area contributed by atoms with Gasteiger partial charge in [0.2, 0.25) is 0 Å². The van der Waals surface area contributed by atoms with Crippen LogP contribution in [-0.4, -0.2) is 28.6 Å². The number of hydrogen-bond acceptors (Lipinski definition) is 4. The van der Waals surface area contributed by atoms with E-state index in [0.717, 1.165) is 0 Å². The van der Waals surface area contributed by atoms with Crippen LogP contribution in [0.1, 0.15) is 28.4 Å². The van der Waals surface area contributed by atoms with Crippen LogP contribution in [0, 0.1) is 0 Å². The van der Waals surface area contributed by atoms with E-state index in [4.69, 9.17) is 17.3 Å². The van der Waals surface area contributed by atoms with E-state index >= 15 is 0 Å². The highest BCUT2D eigenvalue weighted by atomic mass is 35.5. The Balaban J connectivity index is 2.11. The van der Waals surface area contributed by atoms with E-state index in [-0.39, 0.29) is 17.9 Å². The van der Waals surface area contributed by atoms with Gasteiger partial charge in [-0.3, -0.25) is 4.79 Å². The number of hydrogen-bond donors (Lipinski definition) is 1. The van der Waals surface area contributed by atoms with Crippen LogP contribution in [0.2, 0.25) is 0 Å². The van der Waals surface area contributed by atoms with Crippen molar-refractivity contribution in [2.24, 2.45) is 10.7 Å². The first-order chi connectivity index (χ1) is 8.87. The first kappa shape index (κ1) is 12.3. The van der Waals surface area contributed by atoms with Gasteiger partial charge in [0.15, 0.2) is 5.96 Å². The molecule has 0 aromatic heterocycles. The van der Waals surface area contributed by atoms with Crippen molar-refractivity contribution >= 4 is 28.5 Å². The molecule has 0 saturated carbocycles. The van der Waals surface area contributed by atoms with Crippen LogP contribution >= 0.6 is 11.6 Å². The van der Waals surface area contributed by atoms with E-state index in [1.165, 1.54) is 17.0 Å². The molecule has 3 rings (SSSR count). The number of fused-ring (bicyclic) bond motifs is 3. The highest BCUT2D eigenvalue weighted by Crippen LogP contribution is 2.46. The highest BCUT2D eigenvalue weighted by Gasteiger charge is 2.48. The van der Waals surface area contributed by atoms with Crippen molar-refractivity contribution in [2.45, 2.75) is 18.4 Å². The Kier molecular flexibility index (Phi) is 2.53. The lowest BCUT2D eigenvalue weighted by Gasteiger charge is -2.30. The minimum Gasteiger partial charge on any atom is -0.369 e. The molecule has 0 amide bonds. The zero-order valence-corrected chi connectivity index (χ0v) is 10.5. The van der Waals surface area contributed by atoms with E-state index in [0.29, 0.717) is 11.3 Å². The summed E-state index contributed by atoms with van der Waals surface area (Å²) < 4.78 is 27.1. The van der Waals surface area contributed by atoms with Crippen molar-refractivity contribution in [1.82, 2.24) is 4.90 Å². The Morgan fingerprint density at radius 2 is 2.26 bits per heavy atom. The van der Waals surface area contributed by atoms with E-state index in [1.807, 2.05) is 0 Å². The zero-order valence-electron chi connectivity index (χ0n) is 9.74. The van der Waals surface area contributed by atoms with Gasteiger partial charge in [-0.25, -0.2) is 13.8 Å². The monoisotopic (exact) mass is 285 g/mol. The quantitative estimate of drug-likeness (QED) is 0.806. The second kappa shape index (κ2) is 3.90. The minimum absolute atomic E-state index is 0.0830. The van der Waals surface area contributed by atoms with Crippen molar-refractivity contribution in [1.29, 1.82) is 0 Å². The maximum atomic E-state index is 13.5. The molecule has 2 aliphatic heterocycles. The van der Waals surface area contributed by atoms with Crippen molar-refractivity contribution in [3.8, 4) is 0 Å². The average molecular weight is 286 g/mol. The molecule has 2 N–H and O–H groups in total. The molecule has 19 heavy (non-hydrogen) atoms. The van der Waals surface area contributed by atoms with Gasteiger partial charge in [0.05, 0.1) is 18.3 Å². The van der Waals surface area contributed by atoms with E-state index < -0.39 is 23.8 Å². The number of aliphatic imine (C=N–C) groups is 1. The molecule has 1 fully saturated rings. The number of nitrogens with zero attached hydrogens (tertiary/aromatic N) is 2. The maximum absolute atomic E-state index is 13.5. The average Bonchev–Trinajstić information content (AvgIpc) is 2.65. The van der Waals surface area contributed by atoms with E-state index in [9.17, 15) is 13.6 Å². The molecule has 2 aliphatic rings. The van der Waals surface area contributed by atoms with Crippen molar-refractivity contribution in [2.75, 3.05) is 6.54 Å². The van der Waals surface area contributed by atoms with Gasteiger partial charge in [-0.05, 0) is 29.8 Å². The van der Waals surface area contributed by atoms with Crippen molar-refractivity contribution in [3.05, 3.63) is 29.3 Å². The largest absolute Gasteiger partial charge is 0.369 e. The number of carbonyl (C=O) groups is 1. The molecule has 0 aliphatic carbocycles. The third-order valence-electron chi connectivity index (χ3n) is 3.41. The van der Waals surface area contributed by atoms with Gasteiger partial charge in [-0.15, -0.1) is 0 Å². The molecular formula is C12H10ClF2N3O. The van der Waals surface area contributed by atoms with Crippen LogP contribution in [0.4, 0.5) is 14.5 Å². The number of nitrogens with two attached hydrogens (primary N) is 1. The predicted octanol–water partition coefficient (Wildman–Crippen LogP) is 2.41. The fourth-order valence-corrected chi connectivity index (χ4v) is 2.69. The first-order valence-electron chi connectivity index (χ1n) is 5.70. The third kappa shape index (κ3) is 1.96. The van der Waals surface area contributed by atoms with E-state index in [2.05, 4.69) is 4.99 Å². The van der Waals surface area contributed by atoms with Gasteiger partial charge < -0.3 is 10.6 Å². The molecule has 0 bridgehead atoms. The lowest BCUT2D eigenvalue weighted by Crippen LogP contribution is -2.40. The van der Waals surface area contributed by atoms with Gasteiger partial charge in [0.1, 0.15) is 0 Å². The van der Waals surface area contributed by atoms with Crippen LogP contribution in [-0.2, 0) is 0 Å². The number of benzene rings is 1. The topological polar surface area (TPSA) is 58.7 Å². The number of alkyl halides is 2. The summed E-state index contributed by atoms with van der Waals surface area (Å²) in [6.45, 7) is -0.453. The molecule has 1 aromatic carbocycles. The fourth-order valence-electron chi connectivity index (χ4n) is 2.57. The van der Waals surface area contributed by atoms with Gasteiger partial charge in [-0.1, -0.05) is 0 Å². The second-order valence-electron chi connectivity index (χ2n) is 4.72. The minimum atomic E-state index is -2.81. The summed E-state index contributed by atoms with van der Waals surface area (Å²) in [5, 5.41) is -0.623. The number of carbonyl (C=O) groups excluding carboxylic acids is 1. The summed E-state index contributed by atoms with van der Waals surface area (Å²) in [4.78, 5) is 16.6. The first-order valence-corrected chi connectivity index (χ1v) is 6.08. The Hall–Kier alpha value is -1.69. The standard InChI is InChI=1S/C12H10ClF2N3O/c13-10(19)6-1-2-8-7(3-6)9-4-12(14,15)5-18(9)11(16)17-8/h1-3,9H,4-5H2,(H2,16,17)/t9-/m1/s1. The summed E-state index contributed by atoms with van der Waals surface area (Å²) in [7, 11) is 0. The lowest BCUT2D eigenvalue weighted by molar-refractivity contribution is 0.0165. The molecule has 1 atom stereocenters. The second-order valence-corrected chi connectivity index (χ2v) is 5.06. The molecule has 100 valence electrons. The maximum Gasteiger partial charge on any atom is 0.267 e. The Morgan fingerprint density at radius 1 is 1.53 bits per heavy atom.